The Morgan fingerprint density at radius 2 is 1.09 bits per heavy atom. The third kappa shape index (κ3) is 3.94. The van der Waals surface area contributed by atoms with E-state index < -0.39 is 0 Å². The maximum absolute atomic E-state index is 5.27. The van der Waals surface area contributed by atoms with Crippen LogP contribution in [0.3, 0.4) is 0 Å². The second kappa shape index (κ2) is 10.8. The fraction of sp³-hybridized carbons (Fsp3) is 0. The molecule has 5 aromatic heterocycles. The Morgan fingerprint density at radius 1 is 0.436 bits per heavy atom. The van der Waals surface area contributed by atoms with Crippen LogP contribution in [0.4, 0.5) is 0 Å². The van der Waals surface area contributed by atoms with Crippen molar-refractivity contribution in [3.05, 3.63) is 170 Å². The van der Waals surface area contributed by atoms with Crippen molar-refractivity contribution in [3.63, 3.8) is 0 Å². The Bertz CT molecular complexity index is 3700. The number of thiophene rings is 1. The summed E-state index contributed by atoms with van der Waals surface area (Å²) >= 11 is 1.77. The first-order valence-corrected chi connectivity index (χ1v) is 19.5. The van der Waals surface area contributed by atoms with E-state index in [2.05, 4.69) is 173 Å². The number of hydrogen-bond donors (Lipinski definition) is 0. The van der Waals surface area contributed by atoms with Gasteiger partial charge in [0.2, 0.25) is 0 Å². The van der Waals surface area contributed by atoms with Gasteiger partial charge in [-0.3, -0.25) is 0 Å². The molecule has 0 aliphatic carbocycles. The largest absolute Gasteiger partial charge is 0.309 e. The van der Waals surface area contributed by atoms with Gasteiger partial charge in [0, 0.05) is 59.2 Å². The minimum Gasteiger partial charge on any atom is -0.309 e. The van der Waals surface area contributed by atoms with Crippen molar-refractivity contribution < 1.29 is 0 Å². The number of rotatable bonds is 3. The van der Waals surface area contributed by atoms with Gasteiger partial charge in [-0.05, 0) is 59.3 Å². The summed E-state index contributed by atoms with van der Waals surface area (Å²) in [6.07, 6.45) is 0. The highest BCUT2D eigenvalue weighted by Crippen LogP contribution is 2.47. The van der Waals surface area contributed by atoms with Gasteiger partial charge in [0.1, 0.15) is 0 Å². The maximum Gasteiger partial charge on any atom is 0.160 e. The predicted molar refractivity (Wildman–Crippen MR) is 232 cm³/mol. The molecule has 0 atom stereocenters. The van der Waals surface area contributed by atoms with Crippen LogP contribution in [-0.2, 0) is 0 Å². The van der Waals surface area contributed by atoms with Crippen molar-refractivity contribution in [1.29, 1.82) is 0 Å². The lowest BCUT2D eigenvalue weighted by atomic mass is 10.0. The van der Waals surface area contributed by atoms with Gasteiger partial charge in [0.25, 0.3) is 0 Å². The first kappa shape index (κ1) is 29.4. The molecule has 0 spiro atoms. The minimum absolute atomic E-state index is 0.742. The molecule has 254 valence electrons. The van der Waals surface area contributed by atoms with E-state index in [1.165, 1.54) is 80.8 Å². The van der Waals surface area contributed by atoms with Gasteiger partial charge in [-0.25, -0.2) is 9.97 Å². The van der Waals surface area contributed by atoms with E-state index in [0.29, 0.717) is 0 Å². The molecule has 0 fully saturated rings. The number of nitrogens with zero attached hydrogens (tertiary/aromatic N) is 4. The Kier molecular flexibility index (Phi) is 5.74. The minimum atomic E-state index is 0.742. The van der Waals surface area contributed by atoms with E-state index in [-0.39, 0.29) is 0 Å². The lowest BCUT2D eigenvalue weighted by molar-refractivity contribution is 1.19. The molecule has 0 amide bonds. The van der Waals surface area contributed by atoms with Crippen LogP contribution in [0.5, 0.6) is 0 Å². The standard InChI is InChI=1S/C50H28N4S/c1-2-12-30(13-3-1)50-51-45(49-46(52-50)36-18-8-11-21-43(36)55-49)29-22-24-33(25-23-29)53-42-27-32-15-5-4-14-31(32)26-37(42)39-28-38-34-16-6-9-19-40(34)54-41-20-10-7-17-35(41)44(47(39)53)48(38)54/h1-28H. The molecule has 0 saturated heterocycles. The molecule has 13 rings (SSSR count). The normalized spacial score (nSPS) is 12.4. The Labute approximate surface area is 318 Å². The highest BCUT2D eigenvalue weighted by molar-refractivity contribution is 7.26. The Hall–Kier alpha value is -7.08. The zero-order chi connectivity index (χ0) is 35.8. The van der Waals surface area contributed by atoms with Crippen LogP contribution in [-0.4, -0.2) is 18.9 Å². The highest BCUT2D eigenvalue weighted by Gasteiger charge is 2.25. The number of fused-ring (bicyclic) bond motifs is 14. The molecule has 5 heteroatoms. The van der Waals surface area contributed by atoms with E-state index >= 15 is 0 Å². The van der Waals surface area contributed by atoms with E-state index in [0.717, 1.165) is 38.5 Å². The molecule has 0 unspecified atom stereocenters. The molecule has 4 nitrogen and oxygen atoms in total. The fourth-order valence-electron chi connectivity index (χ4n) is 9.23. The third-order valence-corrected chi connectivity index (χ3v) is 12.8. The van der Waals surface area contributed by atoms with Gasteiger partial charge in [-0.2, -0.15) is 0 Å². The van der Waals surface area contributed by atoms with Crippen LogP contribution in [0.25, 0.3) is 119 Å². The third-order valence-electron chi connectivity index (χ3n) is 11.6. The highest BCUT2D eigenvalue weighted by atomic mass is 32.1. The molecule has 0 bridgehead atoms. The lowest BCUT2D eigenvalue weighted by Gasteiger charge is -2.12. The van der Waals surface area contributed by atoms with Gasteiger partial charge < -0.3 is 8.97 Å². The summed E-state index contributed by atoms with van der Waals surface area (Å²) in [6, 6.07) is 61.6. The van der Waals surface area contributed by atoms with Crippen LogP contribution in [0.2, 0.25) is 0 Å². The fourth-order valence-corrected chi connectivity index (χ4v) is 10.4. The van der Waals surface area contributed by atoms with Crippen molar-refractivity contribution in [2.24, 2.45) is 0 Å². The molecule has 13 aromatic rings. The summed E-state index contributed by atoms with van der Waals surface area (Å²) in [6.45, 7) is 0. The zero-order valence-corrected chi connectivity index (χ0v) is 30.2. The van der Waals surface area contributed by atoms with Crippen LogP contribution in [0.15, 0.2) is 170 Å². The molecular formula is C50H28N4S. The van der Waals surface area contributed by atoms with Gasteiger partial charge in [-0.15, -0.1) is 11.3 Å². The lowest BCUT2D eigenvalue weighted by Crippen LogP contribution is -1.96. The summed E-state index contributed by atoms with van der Waals surface area (Å²) in [5.41, 5.74) is 11.4. The smallest absolute Gasteiger partial charge is 0.160 e. The van der Waals surface area contributed by atoms with E-state index in [9.17, 15) is 0 Å². The van der Waals surface area contributed by atoms with Crippen molar-refractivity contribution >= 4 is 102 Å². The summed E-state index contributed by atoms with van der Waals surface area (Å²) < 4.78 is 7.31. The van der Waals surface area contributed by atoms with Crippen LogP contribution < -0.4 is 0 Å². The summed E-state index contributed by atoms with van der Waals surface area (Å²) in [4.78, 5) is 10.4. The molecular weight excluding hydrogens is 689 g/mol. The van der Waals surface area contributed by atoms with E-state index in [1.54, 1.807) is 11.3 Å². The number of benzene rings is 8. The van der Waals surface area contributed by atoms with Crippen LogP contribution >= 0.6 is 11.3 Å². The second-order valence-corrected chi connectivity index (χ2v) is 15.6. The van der Waals surface area contributed by atoms with Gasteiger partial charge in [0.05, 0.1) is 43.5 Å². The summed E-state index contributed by atoms with van der Waals surface area (Å²) in [5, 5.41) is 11.3. The maximum atomic E-state index is 5.27. The monoisotopic (exact) mass is 716 g/mol. The Morgan fingerprint density at radius 3 is 1.91 bits per heavy atom. The van der Waals surface area contributed by atoms with Gasteiger partial charge >= 0.3 is 0 Å². The molecule has 5 heterocycles. The molecule has 55 heavy (non-hydrogen) atoms. The van der Waals surface area contributed by atoms with Crippen LogP contribution in [0, 0.1) is 0 Å². The SMILES string of the molecule is c1ccc(-c2nc(-c3ccc(-n4c5cc6ccccc6cc5c5cc6c7ccccc7n7c8ccccc8c(c54)c67)cc3)c3sc4ccccc4c3n2)cc1. The van der Waals surface area contributed by atoms with Gasteiger partial charge in [0.15, 0.2) is 5.82 Å². The summed E-state index contributed by atoms with van der Waals surface area (Å²) in [7, 11) is 0. The average Bonchev–Trinajstić information content (AvgIpc) is 3.98. The molecule has 0 N–H and O–H groups in total. The van der Waals surface area contributed by atoms with Crippen molar-refractivity contribution in [3.8, 4) is 28.3 Å². The number of hydrogen-bond acceptors (Lipinski definition) is 3. The van der Waals surface area contributed by atoms with Crippen molar-refractivity contribution in [2.75, 3.05) is 0 Å². The average molecular weight is 717 g/mol. The molecule has 8 aromatic carbocycles. The first-order chi connectivity index (χ1) is 27.3. The molecule has 0 saturated carbocycles. The van der Waals surface area contributed by atoms with E-state index in [4.69, 9.17) is 9.97 Å². The molecule has 0 radical (unpaired) electrons. The molecule has 0 aliphatic heterocycles. The van der Waals surface area contributed by atoms with E-state index in [1.807, 2.05) is 6.07 Å². The Balaban J connectivity index is 1.12. The molecule has 0 aliphatic rings. The van der Waals surface area contributed by atoms with Crippen molar-refractivity contribution in [1.82, 2.24) is 18.9 Å². The predicted octanol–water partition coefficient (Wildman–Crippen LogP) is 13.6. The van der Waals surface area contributed by atoms with Crippen molar-refractivity contribution in [2.45, 2.75) is 0 Å². The first-order valence-electron chi connectivity index (χ1n) is 18.7. The number of para-hydroxylation sites is 2. The summed E-state index contributed by atoms with van der Waals surface area (Å²) in [5.74, 6) is 0.742. The van der Waals surface area contributed by atoms with Crippen LogP contribution in [0.1, 0.15) is 0 Å². The van der Waals surface area contributed by atoms with Gasteiger partial charge in [-0.1, -0.05) is 121 Å². The topological polar surface area (TPSA) is 35.1 Å². The zero-order valence-electron chi connectivity index (χ0n) is 29.4. The second-order valence-electron chi connectivity index (χ2n) is 14.6. The quantitative estimate of drug-likeness (QED) is 0.182. The number of aromatic nitrogens is 4.